The van der Waals surface area contributed by atoms with Crippen LogP contribution in [-0.2, 0) is 4.57 Å². The molecule has 0 radical (unpaired) electrons. The van der Waals surface area contributed by atoms with Crippen molar-refractivity contribution in [3.05, 3.63) is 30.3 Å². The highest BCUT2D eigenvalue weighted by molar-refractivity contribution is 8.56. The Hall–Kier alpha value is -0.770. The van der Waals surface area contributed by atoms with E-state index < -0.39 is 6.72 Å². The number of hydrogen-bond donors (Lipinski definition) is 2. The molecule has 94 valence electrons. The second-order valence-corrected chi connectivity index (χ2v) is 7.86. The van der Waals surface area contributed by atoms with E-state index in [1.807, 2.05) is 44.2 Å². The standard InChI is InChI=1S/C11H17N2O2PS/c1-3-10(2)17-16(14,15)13-9-12-11-7-5-4-6-8-11/h4-10H,3H2,1-2H3,(H2,12,13,14,15). The SMILES string of the molecule is CCC(C)SP(=O)(O)/N=C/Nc1ccccc1. The molecule has 0 heterocycles. The van der Waals surface area contributed by atoms with Crippen molar-refractivity contribution < 1.29 is 9.46 Å². The molecule has 2 unspecified atom stereocenters. The molecule has 0 fully saturated rings. The van der Waals surface area contributed by atoms with E-state index in [2.05, 4.69) is 10.1 Å². The largest absolute Gasteiger partial charge is 0.370 e. The lowest BCUT2D eigenvalue weighted by atomic mass is 10.3. The Bertz CT molecular complexity index is 411. The first-order valence-corrected chi connectivity index (χ1v) is 8.50. The summed E-state index contributed by atoms with van der Waals surface area (Å²) in [5, 5.41) is 2.98. The summed E-state index contributed by atoms with van der Waals surface area (Å²) < 4.78 is 15.3. The zero-order valence-electron chi connectivity index (χ0n) is 9.91. The molecule has 0 saturated carbocycles. The van der Waals surface area contributed by atoms with Gasteiger partial charge in [0, 0.05) is 10.9 Å². The zero-order chi connectivity index (χ0) is 12.7. The molecule has 1 aromatic carbocycles. The van der Waals surface area contributed by atoms with Gasteiger partial charge in [0.25, 0.3) is 0 Å². The van der Waals surface area contributed by atoms with Crippen LogP contribution in [0.5, 0.6) is 0 Å². The fourth-order valence-corrected chi connectivity index (χ4v) is 4.08. The van der Waals surface area contributed by atoms with Crippen molar-refractivity contribution in [3.63, 3.8) is 0 Å². The van der Waals surface area contributed by atoms with Gasteiger partial charge in [-0.2, -0.15) is 4.76 Å². The van der Waals surface area contributed by atoms with Gasteiger partial charge in [-0.05, 0) is 29.9 Å². The van der Waals surface area contributed by atoms with E-state index in [1.165, 1.54) is 6.34 Å². The van der Waals surface area contributed by atoms with E-state index in [1.54, 1.807) is 0 Å². The van der Waals surface area contributed by atoms with Gasteiger partial charge >= 0.3 is 6.72 Å². The van der Waals surface area contributed by atoms with Gasteiger partial charge in [0.1, 0.15) is 0 Å². The molecule has 2 N–H and O–H groups in total. The molecule has 0 aliphatic heterocycles. The molecule has 0 spiro atoms. The number of rotatable bonds is 6. The molecule has 0 aromatic heterocycles. The van der Waals surface area contributed by atoms with E-state index in [0.29, 0.717) is 0 Å². The molecule has 1 aromatic rings. The third-order valence-electron chi connectivity index (χ3n) is 2.10. The van der Waals surface area contributed by atoms with Crippen LogP contribution < -0.4 is 5.32 Å². The lowest BCUT2D eigenvalue weighted by molar-refractivity contribution is 0.499. The first-order valence-electron chi connectivity index (χ1n) is 5.40. The fraction of sp³-hybridized carbons (Fsp3) is 0.364. The second-order valence-electron chi connectivity index (χ2n) is 3.57. The van der Waals surface area contributed by atoms with Crippen LogP contribution in [0.4, 0.5) is 5.69 Å². The molecule has 0 saturated heterocycles. The summed E-state index contributed by atoms with van der Waals surface area (Å²) in [6.45, 7) is 0.408. The maximum Gasteiger partial charge on any atom is 0.370 e. The summed E-state index contributed by atoms with van der Waals surface area (Å²) in [4.78, 5) is 9.57. The summed E-state index contributed by atoms with van der Waals surface area (Å²) in [6.07, 6.45) is 2.13. The van der Waals surface area contributed by atoms with Crippen LogP contribution in [0.25, 0.3) is 0 Å². The Kier molecular flexibility index (Phi) is 5.75. The Morgan fingerprint density at radius 1 is 1.53 bits per heavy atom. The predicted molar refractivity (Wildman–Crippen MR) is 75.7 cm³/mol. The highest BCUT2D eigenvalue weighted by Gasteiger charge is 2.19. The number of benzene rings is 1. The number of anilines is 1. The van der Waals surface area contributed by atoms with Crippen molar-refractivity contribution in [2.45, 2.75) is 25.5 Å². The van der Waals surface area contributed by atoms with Crippen molar-refractivity contribution in [1.29, 1.82) is 0 Å². The molecule has 6 heteroatoms. The van der Waals surface area contributed by atoms with Gasteiger partial charge in [0.15, 0.2) is 0 Å². The van der Waals surface area contributed by atoms with Gasteiger partial charge in [-0.25, -0.2) is 0 Å². The lowest BCUT2D eigenvalue weighted by Crippen LogP contribution is -1.95. The molecule has 1 rings (SSSR count). The van der Waals surface area contributed by atoms with E-state index in [0.717, 1.165) is 23.5 Å². The third kappa shape index (κ3) is 5.91. The zero-order valence-corrected chi connectivity index (χ0v) is 11.6. The number of para-hydroxylation sites is 1. The highest BCUT2D eigenvalue weighted by Crippen LogP contribution is 2.58. The average Bonchev–Trinajstić information content (AvgIpc) is 2.29. The van der Waals surface area contributed by atoms with Gasteiger partial charge in [0.2, 0.25) is 0 Å². The molecule has 0 amide bonds. The molecule has 0 aliphatic carbocycles. The summed E-state index contributed by atoms with van der Waals surface area (Å²) in [5.41, 5.74) is 0.838. The molecule has 17 heavy (non-hydrogen) atoms. The van der Waals surface area contributed by atoms with Crippen LogP contribution >= 0.6 is 18.1 Å². The maximum absolute atomic E-state index is 11.7. The van der Waals surface area contributed by atoms with Crippen molar-refractivity contribution in [1.82, 2.24) is 0 Å². The van der Waals surface area contributed by atoms with Crippen molar-refractivity contribution in [3.8, 4) is 0 Å². The van der Waals surface area contributed by atoms with Gasteiger partial charge in [-0.15, -0.1) is 0 Å². The van der Waals surface area contributed by atoms with Crippen LogP contribution in [-0.4, -0.2) is 16.5 Å². The average molecular weight is 272 g/mol. The minimum absolute atomic E-state index is 0.125. The molecular weight excluding hydrogens is 255 g/mol. The highest BCUT2D eigenvalue weighted by atomic mass is 32.7. The Labute approximate surface area is 106 Å². The molecule has 4 nitrogen and oxygen atoms in total. The summed E-state index contributed by atoms with van der Waals surface area (Å²) in [6, 6.07) is 9.37. The summed E-state index contributed by atoms with van der Waals surface area (Å²) in [7, 11) is 0. The quantitative estimate of drug-likeness (QED) is 0.470. The maximum atomic E-state index is 11.7. The molecular formula is C11H17N2O2PS. The number of hydrogen-bond acceptors (Lipinski definition) is 2. The Morgan fingerprint density at radius 2 is 2.18 bits per heavy atom. The van der Waals surface area contributed by atoms with Crippen LogP contribution in [0.15, 0.2) is 35.1 Å². The second kappa shape index (κ2) is 6.84. The molecule has 0 bridgehead atoms. The van der Waals surface area contributed by atoms with E-state index in [9.17, 15) is 9.46 Å². The number of nitrogens with one attached hydrogen (secondary N) is 1. The predicted octanol–water partition coefficient (Wildman–Crippen LogP) is 3.76. The first kappa shape index (κ1) is 14.3. The van der Waals surface area contributed by atoms with Gasteiger partial charge < -0.3 is 10.2 Å². The van der Waals surface area contributed by atoms with E-state index in [-0.39, 0.29) is 5.25 Å². The van der Waals surface area contributed by atoms with Gasteiger partial charge in [-0.3, -0.25) is 4.57 Å². The Balaban J connectivity index is 2.50. The van der Waals surface area contributed by atoms with Crippen molar-refractivity contribution in [2.75, 3.05) is 5.32 Å². The van der Waals surface area contributed by atoms with Crippen LogP contribution in [0.2, 0.25) is 0 Å². The lowest BCUT2D eigenvalue weighted by Gasteiger charge is -2.10. The summed E-state index contributed by atoms with van der Waals surface area (Å²) >= 11 is 1.01. The van der Waals surface area contributed by atoms with Gasteiger partial charge in [0.05, 0.1) is 6.34 Å². The van der Waals surface area contributed by atoms with Crippen LogP contribution in [0.3, 0.4) is 0 Å². The van der Waals surface area contributed by atoms with Gasteiger partial charge in [-0.1, -0.05) is 32.0 Å². The summed E-state index contributed by atoms with van der Waals surface area (Å²) in [5.74, 6) is 0. The molecule has 0 aliphatic rings. The Morgan fingerprint density at radius 3 is 2.76 bits per heavy atom. The smallest absolute Gasteiger partial charge is 0.346 e. The van der Waals surface area contributed by atoms with E-state index >= 15 is 0 Å². The fourth-order valence-electron chi connectivity index (χ4n) is 1.05. The van der Waals surface area contributed by atoms with Crippen molar-refractivity contribution in [2.24, 2.45) is 4.76 Å². The number of nitrogens with zero attached hydrogens (tertiary/aromatic N) is 1. The third-order valence-corrected chi connectivity index (χ3v) is 5.66. The topological polar surface area (TPSA) is 61.7 Å². The minimum atomic E-state index is -3.48. The first-order chi connectivity index (χ1) is 8.03. The minimum Gasteiger partial charge on any atom is -0.346 e. The monoisotopic (exact) mass is 272 g/mol. The normalized spacial score (nSPS) is 16.6. The van der Waals surface area contributed by atoms with Crippen LogP contribution in [0, 0.1) is 0 Å². The van der Waals surface area contributed by atoms with E-state index in [4.69, 9.17) is 0 Å². The van der Waals surface area contributed by atoms with Crippen LogP contribution in [0.1, 0.15) is 20.3 Å². The molecule has 2 atom stereocenters. The van der Waals surface area contributed by atoms with Crippen molar-refractivity contribution >= 4 is 30.1 Å².